The molecule has 1 aromatic heterocycles. The molecule has 25 heavy (non-hydrogen) atoms. The van der Waals surface area contributed by atoms with Gasteiger partial charge in [0.05, 0.1) is 17.5 Å². The van der Waals surface area contributed by atoms with Crippen molar-refractivity contribution in [3.63, 3.8) is 0 Å². The van der Waals surface area contributed by atoms with Gasteiger partial charge >= 0.3 is 0 Å². The molecule has 128 valence electrons. The molecule has 1 N–H and O–H groups in total. The first kappa shape index (κ1) is 17.0. The summed E-state index contributed by atoms with van der Waals surface area (Å²) < 4.78 is 6.05. The number of carbonyl (C=O) groups excluding carboxylic acids is 1. The molecule has 0 saturated carbocycles. The third kappa shape index (κ3) is 3.79. The van der Waals surface area contributed by atoms with Crippen LogP contribution in [0.25, 0.3) is 11.3 Å². The van der Waals surface area contributed by atoms with E-state index < -0.39 is 0 Å². The van der Waals surface area contributed by atoms with Crippen LogP contribution in [0.3, 0.4) is 0 Å². The maximum absolute atomic E-state index is 11.3. The third-order valence-electron chi connectivity index (χ3n) is 4.15. The zero-order valence-electron chi connectivity index (χ0n) is 14.7. The SMILES string of the molecule is CC(C)(C)c1ccc(OCc2ccccc2)c(-c2[nH]ncc2C=O)c1. The van der Waals surface area contributed by atoms with E-state index in [2.05, 4.69) is 43.1 Å². The van der Waals surface area contributed by atoms with Crippen LogP contribution in [0.15, 0.2) is 54.7 Å². The summed E-state index contributed by atoms with van der Waals surface area (Å²) in [4.78, 5) is 11.3. The largest absolute Gasteiger partial charge is 0.488 e. The predicted octanol–water partition coefficient (Wildman–Crippen LogP) is 4.77. The van der Waals surface area contributed by atoms with E-state index >= 15 is 0 Å². The van der Waals surface area contributed by atoms with E-state index in [9.17, 15) is 4.79 Å². The van der Waals surface area contributed by atoms with Gasteiger partial charge in [0.1, 0.15) is 12.4 Å². The minimum atomic E-state index is -0.00588. The molecule has 4 heteroatoms. The van der Waals surface area contributed by atoms with E-state index in [1.165, 1.54) is 11.8 Å². The van der Waals surface area contributed by atoms with Crippen LogP contribution in [0.4, 0.5) is 0 Å². The minimum absolute atomic E-state index is 0.00588. The van der Waals surface area contributed by atoms with Gasteiger partial charge in [0, 0.05) is 5.56 Å². The number of hydrogen-bond donors (Lipinski definition) is 1. The third-order valence-corrected chi connectivity index (χ3v) is 4.15. The highest BCUT2D eigenvalue weighted by Crippen LogP contribution is 2.35. The average Bonchev–Trinajstić information content (AvgIpc) is 3.08. The van der Waals surface area contributed by atoms with Crippen molar-refractivity contribution in [2.75, 3.05) is 0 Å². The lowest BCUT2D eigenvalue weighted by molar-refractivity contribution is 0.112. The highest BCUT2D eigenvalue weighted by atomic mass is 16.5. The lowest BCUT2D eigenvalue weighted by Gasteiger charge is -2.21. The highest BCUT2D eigenvalue weighted by Gasteiger charge is 2.19. The van der Waals surface area contributed by atoms with Crippen LogP contribution < -0.4 is 4.74 Å². The number of aldehydes is 1. The number of nitrogens with one attached hydrogen (secondary N) is 1. The maximum atomic E-state index is 11.3. The quantitative estimate of drug-likeness (QED) is 0.684. The molecule has 0 amide bonds. The number of ether oxygens (including phenoxy) is 1. The number of aromatic amines is 1. The molecular formula is C21H22N2O2. The van der Waals surface area contributed by atoms with Crippen LogP contribution in [0, 0.1) is 0 Å². The summed E-state index contributed by atoms with van der Waals surface area (Å²) in [5.41, 5.74) is 4.31. The van der Waals surface area contributed by atoms with E-state index in [-0.39, 0.29) is 5.41 Å². The van der Waals surface area contributed by atoms with Gasteiger partial charge in [0.25, 0.3) is 0 Å². The smallest absolute Gasteiger partial charge is 0.153 e. The van der Waals surface area contributed by atoms with E-state index in [4.69, 9.17) is 4.74 Å². The van der Waals surface area contributed by atoms with Gasteiger partial charge in [-0.3, -0.25) is 9.89 Å². The Morgan fingerprint density at radius 1 is 1.12 bits per heavy atom. The summed E-state index contributed by atoms with van der Waals surface area (Å²) in [6, 6.07) is 16.1. The number of hydrogen-bond acceptors (Lipinski definition) is 3. The van der Waals surface area contributed by atoms with Crippen molar-refractivity contribution in [3.05, 3.63) is 71.4 Å². The number of H-pyrrole nitrogens is 1. The first-order valence-corrected chi connectivity index (χ1v) is 8.29. The Morgan fingerprint density at radius 2 is 1.88 bits per heavy atom. The summed E-state index contributed by atoms with van der Waals surface area (Å²) in [6.45, 7) is 6.94. The first-order chi connectivity index (χ1) is 12.0. The van der Waals surface area contributed by atoms with Gasteiger partial charge in [0.2, 0.25) is 0 Å². The second-order valence-electron chi connectivity index (χ2n) is 7.05. The maximum Gasteiger partial charge on any atom is 0.153 e. The number of nitrogens with zero attached hydrogens (tertiary/aromatic N) is 1. The second-order valence-corrected chi connectivity index (χ2v) is 7.05. The number of carbonyl (C=O) groups is 1. The van der Waals surface area contributed by atoms with Gasteiger partial charge in [-0.05, 0) is 28.7 Å². The predicted molar refractivity (Wildman–Crippen MR) is 98.9 cm³/mol. The molecule has 0 radical (unpaired) electrons. The standard InChI is InChI=1S/C21H22N2O2/c1-21(2,3)17-9-10-19(25-14-15-7-5-4-6-8-15)18(11-17)20-16(13-24)12-22-23-20/h4-13H,14H2,1-3H3,(H,22,23). The molecule has 0 saturated heterocycles. The Morgan fingerprint density at radius 3 is 2.56 bits per heavy atom. The van der Waals surface area contributed by atoms with Crippen LogP contribution in [0.5, 0.6) is 5.75 Å². The zero-order valence-corrected chi connectivity index (χ0v) is 14.7. The Bertz CT molecular complexity index is 861. The van der Waals surface area contributed by atoms with E-state index in [0.717, 1.165) is 23.2 Å². The molecule has 0 fully saturated rings. The van der Waals surface area contributed by atoms with Crippen LogP contribution in [-0.4, -0.2) is 16.5 Å². The van der Waals surface area contributed by atoms with Gasteiger partial charge < -0.3 is 4.74 Å². The van der Waals surface area contributed by atoms with Crippen molar-refractivity contribution in [2.45, 2.75) is 32.8 Å². The molecule has 0 atom stereocenters. The molecule has 0 aliphatic rings. The Balaban J connectivity index is 2.00. The minimum Gasteiger partial charge on any atom is -0.488 e. The second kappa shape index (κ2) is 6.93. The lowest BCUT2D eigenvalue weighted by atomic mass is 9.85. The summed E-state index contributed by atoms with van der Waals surface area (Å²) in [6.07, 6.45) is 2.34. The fourth-order valence-corrected chi connectivity index (χ4v) is 2.65. The van der Waals surface area contributed by atoms with Gasteiger partial charge in [-0.15, -0.1) is 0 Å². The Kier molecular flexibility index (Phi) is 4.70. The van der Waals surface area contributed by atoms with Crippen LogP contribution in [0.2, 0.25) is 0 Å². The van der Waals surface area contributed by atoms with E-state index in [1.54, 1.807) is 0 Å². The van der Waals surface area contributed by atoms with Crippen molar-refractivity contribution in [1.82, 2.24) is 10.2 Å². The van der Waals surface area contributed by atoms with Gasteiger partial charge in [-0.1, -0.05) is 57.2 Å². The zero-order chi connectivity index (χ0) is 17.9. The van der Waals surface area contributed by atoms with E-state index in [1.807, 2.05) is 36.4 Å². The summed E-state index contributed by atoms with van der Waals surface area (Å²) in [7, 11) is 0. The fraction of sp³-hybridized carbons (Fsp3) is 0.238. The molecule has 3 rings (SSSR count). The number of rotatable bonds is 5. The molecule has 2 aromatic carbocycles. The molecule has 0 bridgehead atoms. The highest BCUT2D eigenvalue weighted by molar-refractivity contribution is 5.87. The van der Waals surface area contributed by atoms with E-state index in [0.29, 0.717) is 17.9 Å². The van der Waals surface area contributed by atoms with Crippen molar-refractivity contribution in [3.8, 4) is 17.0 Å². The molecule has 4 nitrogen and oxygen atoms in total. The van der Waals surface area contributed by atoms with Crippen molar-refractivity contribution in [2.24, 2.45) is 0 Å². The lowest BCUT2D eigenvalue weighted by Crippen LogP contribution is -2.11. The Labute approximate surface area is 147 Å². The molecule has 3 aromatic rings. The normalized spacial score (nSPS) is 11.3. The first-order valence-electron chi connectivity index (χ1n) is 8.29. The molecule has 0 aliphatic carbocycles. The molecular weight excluding hydrogens is 312 g/mol. The summed E-state index contributed by atoms with van der Waals surface area (Å²) >= 11 is 0. The van der Waals surface area contributed by atoms with Gasteiger partial charge in [-0.2, -0.15) is 5.10 Å². The summed E-state index contributed by atoms with van der Waals surface area (Å²) in [5, 5.41) is 6.94. The Hall–Kier alpha value is -2.88. The van der Waals surface area contributed by atoms with Crippen molar-refractivity contribution in [1.29, 1.82) is 0 Å². The monoisotopic (exact) mass is 334 g/mol. The number of aromatic nitrogens is 2. The van der Waals surface area contributed by atoms with Crippen LogP contribution >= 0.6 is 0 Å². The average molecular weight is 334 g/mol. The molecule has 0 unspecified atom stereocenters. The van der Waals surface area contributed by atoms with Crippen LogP contribution in [0.1, 0.15) is 42.3 Å². The fourth-order valence-electron chi connectivity index (χ4n) is 2.65. The molecule has 1 heterocycles. The van der Waals surface area contributed by atoms with Gasteiger partial charge in [0.15, 0.2) is 6.29 Å². The van der Waals surface area contributed by atoms with Gasteiger partial charge in [-0.25, -0.2) is 0 Å². The molecule has 0 spiro atoms. The molecule has 0 aliphatic heterocycles. The number of benzene rings is 2. The van der Waals surface area contributed by atoms with Crippen LogP contribution in [-0.2, 0) is 12.0 Å². The van der Waals surface area contributed by atoms with Crippen molar-refractivity contribution < 1.29 is 9.53 Å². The topological polar surface area (TPSA) is 55.0 Å². The summed E-state index contributed by atoms with van der Waals surface area (Å²) in [5.74, 6) is 0.726. The van der Waals surface area contributed by atoms with Crippen molar-refractivity contribution >= 4 is 6.29 Å².